The van der Waals surface area contributed by atoms with E-state index in [4.69, 9.17) is 4.74 Å². The summed E-state index contributed by atoms with van der Waals surface area (Å²) < 4.78 is 5.84. The van der Waals surface area contributed by atoms with Gasteiger partial charge in [-0.1, -0.05) is 57.4 Å². The van der Waals surface area contributed by atoms with Crippen LogP contribution in [-0.2, 0) is 14.3 Å². The lowest BCUT2D eigenvalue weighted by molar-refractivity contribution is -0.167. The molecule has 4 aliphatic rings. The summed E-state index contributed by atoms with van der Waals surface area (Å²) in [6.45, 7) is 17.8. The molecule has 0 unspecified atom stereocenters. The second-order valence-corrected chi connectivity index (χ2v) is 14.1. The van der Waals surface area contributed by atoms with Crippen molar-refractivity contribution in [3.05, 3.63) is 22.8 Å². The number of fused-ring (bicyclic) bond motifs is 4. The minimum absolute atomic E-state index is 0.00680. The van der Waals surface area contributed by atoms with Crippen molar-refractivity contribution >= 4 is 11.9 Å². The van der Waals surface area contributed by atoms with Crippen molar-refractivity contribution in [3.63, 3.8) is 0 Å². The third-order valence-corrected chi connectivity index (χ3v) is 11.9. The van der Waals surface area contributed by atoms with Crippen LogP contribution in [0.3, 0.4) is 0 Å². The van der Waals surface area contributed by atoms with Gasteiger partial charge >= 0.3 is 11.9 Å². The second-order valence-electron chi connectivity index (χ2n) is 14.1. The number of rotatable bonds is 6. The summed E-state index contributed by atoms with van der Waals surface area (Å²) in [5.74, 6) is -0.291. The van der Waals surface area contributed by atoms with E-state index in [0.29, 0.717) is 5.92 Å². The smallest absolute Gasteiger partial charge is 0.306 e. The molecule has 0 spiro atoms. The van der Waals surface area contributed by atoms with E-state index in [-0.39, 0.29) is 45.6 Å². The Bertz CT molecular complexity index is 969. The predicted octanol–water partition coefficient (Wildman–Crippen LogP) is 8.11. The molecule has 4 heteroatoms. The Kier molecular flexibility index (Phi) is 7.10. The molecule has 202 valence electrons. The third-order valence-electron chi connectivity index (χ3n) is 11.9. The molecule has 7 atom stereocenters. The van der Waals surface area contributed by atoms with Crippen LogP contribution in [0.1, 0.15) is 120 Å². The van der Waals surface area contributed by atoms with Gasteiger partial charge in [0, 0.05) is 12.3 Å². The van der Waals surface area contributed by atoms with Crippen molar-refractivity contribution in [1.29, 1.82) is 0 Å². The zero-order valence-corrected chi connectivity index (χ0v) is 24.1. The van der Waals surface area contributed by atoms with E-state index in [1.807, 2.05) is 0 Å². The summed E-state index contributed by atoms with van der Waals surface area (Å²) in [7, 11) is 0. The highest BCUT2D eigenvalue weighted by Gasteiger charge is 2.64. The maximum atomic E-state index is 12.5. The Hall–Kier alpha value is -1.58. The molecule has 0 saturated heterocycles. The molecule has 0 aromatic heterocycles. The molecule has 2 fully saturated rings. The maximum absolute atomic E-state index is 12.5. The Morgan fingerprint density at radius 1 is 0.972 bits per heavy atom. The quantitative estimate of drug-likeness (QED) is 0.297. The molecule has 4 aliphatic carbocycles. The number of ether oxygens (including phenoxy) is 1. The average molecular weight is 499 g/mol. The number of carboxylic acids is 1. The molecule has 2 saturated carbocycles. The van der Waals surface area contributed by atoms with Gasteiger partial charge in [0.1, 0.15) is 6.10 Å². The molecule has 36 heavy (non-hydrogen) atoms. The van der Waals surface area contributed by atoms with Crippen molar-refractivity contribution in [1.82, 2.24) is 0 Å². The van der Waals surface area contributed by atoms with Crippen molar-refractivity contribution in [2.75, 3.05) is 0 Å². The molecule has 0 aromatic rings. The molecule has 0 bridgehead atoms. The van der Waals surface area contributed by atoms with E-state index in [1.54, 1.807) is 11.1 Å². The lowest BCUT2D eigenvalue weighted by Crippen LogP contribution is -2.56. The van der Waals surface area contributed by atoms with Crippen LogP contribution in [0.25, 0.3) is 0 Å². The maximum Gasteiger partial charge on any atom is 0.306 e. The first-order chi connectivity index (χ1) is 16.7. The van der Waals surface area contributed by atoms with E-state index in [2.05, 4.69) is 54.5 Å². The monoisotopic (exact) mass is 498 g/mol. The van der Waals surface area contributed by atoms with Crippen molar-refractivity contribution in [2.24, 2.45) is 39.4 Å². The molecule has 0 amide bonds. The summed E-state index contributed by atoms with van der Waals surface area (Å²) in [6, 6.07) is 0. The molecule has 4 rings (SSSR count). The lowest BCUT2D eigenvalue weighted by atomic mass is 9.43. The first-order valence-corrected chi connectivity index (χ1v) is 14.4. The zero-order valence-electron chi connectivity index (χ0n) is 24.1. The minimum Gasteiger partial charge on any atom is -0.481 e. The summed E-state index contributed by atoms with van der Waals surface area (Å²) in [5.41, 5.74) is 4.85. The van der Waals surface area contributed by atoms with E-state index in [9.17, 15) is 14.7 Å². The van der Waals surface area contributed by atoms with Crippen LogP contribution >= 0.6 is 0 Å². The van der Waals surface area contributed by atoms with Gasteiger partial charge in [0.05, 0.1) is 5.92 Å². The van der Waals surface area contributed by atoms with Gasteiger partial charge in [-0.3, -0.25) is 9.59 Å². The number of hydrogen-bond acceptors (Lipinski definition) is 3. The molecule has 1 N–H and O–H groups in total. The Balaban J connectivity index is 1.67. The third kappa shape index (κ3) is 4.09. The fourth-order valence-electron chi connectivity index (χ4n) is 9.81. The Morgan fingerprint density at radius 3 is 2.28 bits per heavy atom. The number of carbonyl (C=O) groups is 2. The molecule has 0 aromatic carbocycles. The van der Waals surface area contributed by atoms with Gasteiger partial charge in [0.15, 0.2) is 0 Å². The highest BCUT2D eigenvalue weighted by atomic mass is 16.5. The van der Waals surface area contributed by atoms with E-state index < -0.39 is 5.97 Å². The lowest BCUT2D eigenvalue weighted by Gasteiger charge is -2.62. The van der Waals surface area contributed by atoms with E-state index in [0.717, 1.165) is 64.2 Å². The summed E-state index contributed by atoms with van der Waals surface area (Å²) in [6.07, 6.45) is 12.4. The molecule has 0 heterocycles. The topological polar surface area (TPSA) is 63.6 Å². The fraction of sp³-hybridized carbons (Fsp3) is 0.812. The molecule has 4 nitrogen and oxygen atoms in total. The summed E-state index contributed by atoms with van der Waals surface area (Å²) in [4.78, 5) is 24.3. The summed E-state index contributed by atoms with van der Waals surface area (Å²) >= 11 is 0. The zero-order chi connectivity index (χ0) is 26.7. The highest BCUT2D eigenvalue weighted by Crippen LogP contribution is 2.72. The van der Waals surface area contributed by atoms with Gasteiger partial charge in [-0.15, -0.1) is 0 Å². The van der Waals surface area contributed by atoms with Crippen LogP contribution in [0, 0.1) is 39.4 Å². The number of carboxylic acid groups (broad SMARTS) is 1. The second kappa shape index (κ2) is 9.31. The van der Waals surface area contributed by atoms with E-state index >= 15 is 0 Å². The standard InChI is InChI=1S/C32H50O4/c1-20(2)10-9-11-22(28(34)35)23-14-18-32(8)25-12-13-26-29(4,5)27(36-21(3)33)16-17-30(26,6)24(25)15-19-31(23,32)7/h10,22-23,26-27H,9,11-19H2,1-8H3,(H,34,35)/t22-,23-,26-,27-,30-,31+,32-/m1/s1. The fourth-order valence-corrected chi connectivity index (χ4v) is 9.81. The number of aliphatic carboxylic acids is 1. The normalized spacial score (nSPS) is 39.9. The van der Waals surface area contributed by atoms with Gasteiger partial charge in [0.2, 0.25) is 0 Å². The molecular formula is C32H50O4. The Morgan fingerprint density at radius 2 is 1.67 bits per heavy atom. The number of esters is 1. The highest BCUT2D eigenvalue weighted by molar-refractivity contribution is 5.70. The predicted molar refractivity (Wildman–Crippen MR) is 144 cm³/mol. The van der Waals surface area contributed by atoms with Crippen LogP contribution in [0.4, 0.5) is 0 Å². The number of carbonyl (C=O) groups excluding carboxylic acids is 1. The van der Waals surface area contributed by atoms with Crippen LogP contribution in [0.2, 0.25) is 0 Å². The first kappa shape index (κ1) is 27.5. The van der Waals surface area contributed by atoms with Crippen LogP contribution in [-0.4, -0.2) is 23.1 Å². The number of hydrogen-bond donors (Lipinski definition) is 1. The van der Waals surface area contributed by atoms with Gasteiger partial charge in [-0.05, 0) is 106 Å². The van der Waals surface area contributed by atoms with Crippen molar-refractivity contribution in [2.45, 2.75) is 126 Å². The van der Waals surface area contributed by atoms with Crippen LogP contribution in [0.15, 0.2) is 22.8 Å². The van der Waals surface area contributed by atoms with Gasteiger partial charge in [0.25, 0.3) is 0 Å². The van der Waals surface area contributed by atoms with Gasteiger partial charge < -0.3 is 9.84 Å². The minimum atomic E-state index is -0.603. The summed E-state index contributed by atoms with van der Waals surface area (Å²) in [5, 5.41) is 10.3. The van der Waals surface area contributed by atoms with Crippen molar-refractivity contribution in [3.8, 4) is 0 Å². The number of allylic oxidation sites excluding steroid dienone is 4. The van der Waals surface area contributed by atoms with E-state index in [1.165, 1.54) is 12.5 Å². The first-order valence-electron chi connectivity index (χ1n) is 14.4. The van der Waals surface area contributed by atoms with Gasteiger partial charge in [-0.25, -0.2) is 0 Å². The largest absolute Gasteiger partial charge is 0.481 e. The van der Waals surface area contributed by atoms with Gasteiger partial charge in [-0.2, -0.15) is 0 Å². The molecule has 0 aliphatic heterocycles. The SMILES string of the molecule is CC(=O)O[C@@H]1CC[C@]2(C)C3=C(CC[C@@H]2C1(C)C)[C@@]1(C)CC[C@H]([C@@H](CCC=C(C)C)C(=O)O)[C@]1(C)CC3. The van der Waals surface area contributed by atoms with Crippen LogP contribution < -0.4 is 0 Å². The molecular weight excluding hydrogens is 448 g/mol. The van der Waals surface area contributed by atoms with Crippen LogP contribution in [0.5, 0.6) is 0 Å². The molecule has 0 radical (unpaired) electrons. The Labute approximate surface area is 219 Å². The van der Waals surface area contributed by atoms with Crippen molar-refractivity contribution < 1.29 is 19.4 Å². The average Bonchev–Trinajstić information content (AvgIpc) is 3.04.